The second kappa shape index (κ2) is 11.0. The van der Waals surface area contributed by atoms with Crippen molar-refractivity contribution in [2.75, 3.05) is 6.61 Å². The highest BCUT2D eigenvalue weighted by Gasteiger charge is 2.21. The molecule has 0 fully saturated rings. The normalized spacial score (nSPS) is 12.6. The molecule has 4 nitrogen and oxygen atoms in total. The predicted octanol–water partition coefficient (Wildman–Crippen LogP) is 7.34. The van der Waals surface area contributed by atoms with E-state index in [1.165, 1.54) is 18.2 Å². The quantitative estimate of drug-likeness (QED) is 0.226. The average molecular weight is 503 g/mol. The third kappa shape index (κ3) is 6.06. The third-order valence-corrected chi connectivity index (χ3v) is 6.78. The van der Waals surface area contributed by atoms with Gasteiger partial charge in [0.2, 0.25) is 0 Å². The number of para-hydroxylation sites is 1. The number of hydrogen-bond acceptors (Lipinski definition) is 4. The van der Waals surface area contributed by atoms with Gasteiger partial charge in [-0.2, -0.15) is 8.42 Å². The van der Waals surface area contributed by atoms with Gasteiger partial charge >= 0.3 is 0 Å². The van der Waals surface area contributed by atoms with Gasteiger partial charge in [-0.3, -0.25) is 4.18 Å². The zero-order chi connectivity index (χ0) is 24.0. The van der Waals surface area contributed by atoms with Crippen molar-refractivity contribution < 1.29 is 17.3 Å². The zero-order valence-corrected chi connectivity index (χ0v) is 20.6. The number of halogens is 2. The van der Waals surface area contributed by atoms with E-state index in [0.717, 1.165) is 11.1 Å². The van der Waals surface area contributed by atoms with Gasteiger partial charge in [-0.25, -0.2) is 0 Å². The van der Waals surface area contributed by atoms with Crippen LogP contribution in [0.15, 0.2) is 84.3 Å². The van der Waals surface area contributed by atoms with Crippen LogP contribution >= 0.6 is 23.2 Å². The summed E-state index contributed by atoms with van der Waals surface area (Å²) in [7, 11) is -3.95. The van der Waals surface area contributed by atoms with Crippen LogP contribution in [0.2, 0.25) is 10.0 Å². The van der Waals surface area contributed by atoms with E-state index in [2.05, 4.69) is 6.58 Å². The molecule has 33 heavy (non-hydrogen) atoms. The molecule has 0 saturated carbocycles. The molecule has 0 saturated heterocycles. The molecule has 0 aliphatic rings. The highest BCUT2D eigenvalue weighted by molar-refractivity contribution is 7.86. The molecule has 0 radical (unpaired) electrons. The number of aryl methyl sites for hydroxylation is 1. The van der Waals surface area contributed by atoms with E-state index >= 15 is 0 Å². The molecular formula is C26H24Cl2O4S. The van der Waals surface area contributed by atoms with Crippen molar-refractivity contribution in [2.45, 2.75) is 24.8 Å². The van der Waals surface area contributed by atoms with Gasteiger partial charge in [0, 0.05) is 16.7 Å². The van der Waals surface area contributed by atoms with Gasteiger partial charge in [0.1, 0.15) is 18.5 Å². The molecule has 3 rings (SSSR count). The lowest BCUT2D eigenvalue weighted by Gasteiger charge is -2.21. The molecule has 3 aromatic rings. The monoisotopic (exact) mass is 502 g/mol. The fourth-order valence-corrected chi connectivity index (χ4v) is 4.70. The molecule has 0 bridgehead atoms. The Kier molecular flexibility index (Phi) is 8.38. The van der Waals surface area contributed by atoms with Gasteiger partial charge in [-0.05, 0) is 44.2 Å². The first kappa shape index (κ1) is 25.1. The highest BCUT2D eigenvalue weighted by Crippen LogP contribution is 2.42. The SMILES string of the molecule is C=C[C@H](COS(=O)(=O)c1ccc(C)cc1)Oc1c(C=CC)cccc1-c1c(Cl)cccc1Cl. The molecule has 0 aliphatic heterocycles. The van der Waals surface area contributed by atoms with E-state index in [1.807, 2.05) is 44.2 Å². The maximum atomic E-state index is 12.6. The lowest BCUT2D eigenvalue weighted by molar-refractivity contribution is 0.168. The van der Waals surface area contributed by atoms with E-state index in [4.69, 9.17) is 32.1 Å². The summed E-state index contributed by atoms with van der Waals surface area (Å²) in [5, 5.41) is 0.941. The molecule has 7 heteroatoms. The van der Waals surface area contributed by atoms with Gasteiger partial charge in [-0.15, -0.1) is 0 Å². The summed E-state index contributed by atoms with van der Waals surface area (Å²) in [6.45, 7) is 7.30. The molecule has 0 spiro atoms. The van der Waals surface area contributed by atoms with Crippen LogP contribution < -0.4 is 4.74 Å². The van der Waals surface area contributed by atoms with Crippen molar-refractivity contribution in [3.05, 3.63) is 101 Å². The van der Waals surface area contributed by atoms with Crippen molar-refractivity contribution in [1.29, 1.82) is 0 Å². The minimum Gasteiger partial charge on any atom is -0.483 e. The summed E-state index contributed by atoms with van der Waals surface area (Å²) in [6, 6.07) is 17.3. The fourth-order valence-electron chi connectivity index (χ4n) is 3.18. The van der Waals surface area contributed by atoms with Crippen LogP contribution in [0.1, 0.15) is 18.1 Å². The van der Waals surface area contributed by atoms with Crippen LogP contribution in [0, 0.1) is 6.92 Å². The van der Waals surface area contributed by atoms with Crippen molar-refractivity contribution in [2.24, 2.45) is 0 Å². The second-order valence-electron chi connectivity index (χ2n) is 7.26. The highest BCUT2D eigenvalue weighted by atomic mass is 35.5. The van der Waals surface area contributed by atoms with Crippen molar-refractivity contribution in [1.82, 2.24) is 0 Å². The van der Waals surface area contributed by atoms with E-state index in [-0.39, 0.29) is 11.5 Å². The number of hydrogen-bond donors (Lipinski definition) is 0. The molecule has 0 amide bonds. The molecule has 0 aliphatic carbocycles. The first-order valence-electron chi connectivity index (χ1n) is 10.2. The van der Waals surface area contributed by atoms with Crippen LogP contribution in [-0.2, 0) is 14.3 Å². The molecule has 0 N–H and O–H groups in total. The Balaban J connectivity index is 1.93. The van der Waals surface area contributed by atoms with E-state index < -0.39 is 16.2 Å². The van der Waals surface area contributed by atoms with Gasteiger partial charge in [-0.1, -0.05) is 83.9 Å². The van der Waals surface area contributed by atoms with E-state index in [9.17, 15) is 8.42 Å². The Morgan fingerprint density at radius 2 is 1.64 bits per heavy atom. The smallest absolute Gasteiger partial charge is 0.297 e. The van der Waals surface area contributed by atoms with Crippen LogP contribution in [-0.4, -0.2) is 21.1 Å². The molecule has 0 aromatic heterocycles. The summed E-state index contributed by atoms with van der Waals surface area (Å²) in [6.07, 6.45) is 4.50. The average Bonchev–Trinajstić information content (AvgIpc) is 2.78. The molecule has 0 heterocycles. The molecular weight excluding hydrogens is 479 g/mol. The van der Waals surface area contributed by atoms with Crippen LogP contribution in [0.25, 0.3) is 17.2 Å². The summed E-state index contributed by atoms with van der Waals surface area (Å²) < 4.78 is 36.7. The molecule has 0 unspecified atom stereocenters. The Bertz CT molecular complexity index is 1250. The Labute approximate surface area is 205 Å². The number of ether oxygens (including phenoxy) is 1. The number of allylic oxidation sites excluding steroid dienone is 1. The van der Waals surface area contributed by atoms with Gasteiger partial charge < -0.3 is 4.74 Å². The van der Waals surface area contributed by atoms with Gasteiger partial charge in [0.15, 0.2) is 0 Å². The maximum Gasteiger partial charge on any atom is 0.297 e. The minimum absolute atomic E-state index is 0.0776. The fraction of sp³-hybridized carbons (Fsp3) is 0.154. The number of benzene rings is 3. The standard InChI is InChI=1S/C26H24Cl2O4S/c1-4-8-19-9-6-10-22(25-23(27)11-7-12-24(25)28)26(19)32-20(5-2)17-31-33(29,30)21-15-13-18(3)14-16-21/h4-16,20H,2,17H2,1,3H3/t20-/m1/s1. The van der Waals surface area contributed by atoms with Crippen LogP contribution in [0.4, 0.5) is 0 Å². The summed E-state index contributed by atoms with van der Waals surface area (Å²) in [5.41, 5.74) is 3.03. The van der Waals surface area contributed by atoms with Crippen LogP contribution in [0.5, 0.6) is 5.75 Å². The van der Waals surface area contributed by atoms with Crippen molar-refractivity contribution >= 4 is 39.4 Å². The van der Waals surface area contributed by atoms with E-state index in [1.54, 1.807) is 30.3 Å². The van der Waals surface area contributed by atoms with Gasteiger partial charge in [0.25, 0.3) is 10.1 Å². The molecule has 3 aromatic carbocycles. The zero-order valence-electron chi connectivity index (χ0n) is 18.3. The molecule has 172 valence electrons. The predicted molar refractivity (Wildman–Crippen MR) is 136 cm³/mol. The summed E-state index contributed by atoms with van der Waals surface area (Å²) in [5.74, 6) is 0.492. The third-order valence-electron chi connectivity index (χ3n) is 4.85. The largest absolute Gasteiger partial charge is 0.483 e. The van der Waals surface area contributed by atoms with Crippen LogP contribution in [0.3, 0.4) is 0 Å². The van der Waals surface area contributed by atoms with Crippen molar-refractivity contribution in [3.8, 4) is 16.9 Å². The Morgan fingerprint density at radius 3 is 2.24 bits per heavy atom. The Hall–Kier alpha value is -2.57. The lowest BCUT2D eigenvalue weighted by Crippen LogP contribution is -2.23. The van der Waals surface area contributed by atoms with Crippen molar-refractivity contribution in [3.63, 3.8) is 0 Å². The van der Waals surface area contributed by atoms with Gasteiger partial charge in [0.05, 0.1) is 14.9 Å². The topological polar surface area (TPSA) is 52.6 Å². The summed E-state index contributed by atoms with van der Waals surface area (Å²) in [4.78, 5) is 0.0776. The lowest BCUT2D eigenvalue weighted by atomic mass is 10.0. The Morgan fingerprint density at radius 1 is 1.00 bits per heavy atom. The second-order valence-corrected chi connectivity index (χ2v) is 9.69. The molecule has 1 atom stereocenters. The summed E-state index contributed by atoms with van der Waals surface area (Å²) >= 11 is 12.9. The maximum absolute atomic E-state index is 12.6. The van der Waals surface area contributed by atoms with E-state index in [0.29, 0.717) is 26.9 Å². The number of rotatable bonds is 9. The minimum atomic E-state index is -3.95. The first-order valence-corrected chi connectivity index (χ1v) is 12.4. The first-order chi connectivity index (χ1) is 15.8.